The molecule has 156 valence electrons. The number of rotatable bonds is 10. The van der Waals surface area contributed by atoms with Crippen LogP contribution in [-0.4, -0.2) is 45.3 Å². The first-order valence-electron chi connectivity index (χ1n) is 9.92. The second kappa shape index (κ2) is 11.5. The number of carbonyl (C=O) groups excluding carboxylic acids is 1. The summed E-state index contributed by atoms with van der Waals surface area (Å²) in [6.07, 6.45) is 0. The van der Waals surface area contributed by atoms with Crippen molar-refractivity contribution in [2.24, 2.45) is 0 Å². The van der Waals surface area contributed by atoms with Crippen molar-refractivity contribution in [3.63, 3.8) is 0 Å². The first-order valence-corrected chi connectivity index (χ1v) is 11.8. The minimum atomic E-state index is -2.34. The van der Waals surface area contributed by atoms with Crippen molar-refractivity contribution in [3.05, 3.63) is 91.0 Å². The van der Waals surface area contributed by atoms with Gasteiger partial charge in [0, 0.05) is 12.9 Å². The number of methoxy groups -OCH3 is 1. The Hall–Kier alpha value is -2.65. The van der Waals surface area contributed by atoms with Gasteiger partial charge in [0.1, 0.15) is 6.61 Å². The summed E-state index contributed by atoms with van der Waals surface area (Å²) < 4.78 is 15.9. The molecule has 4 nitrogen and oxygen atoms in total. The zero-order valence-corrected chi connectivity index (χ0v) is 18.0. The SMILES string of the molecule is COCCOCCOC(=O)C=P(c1ccccc1)(c1ccccc1)c1ccccc1. The average Bonchev–Trinajstić information content (AvgIpc) is 2.81. The fraction of sp³-hybridized carbons (Fsp3) is 0.200. The molecular weight excluding hydrogens is 395 g/mol. The molecule has 0 aliphatic carbocycles. The number of hydrogen-bond acceptors (Lipinski definition) is 4. The van der Waals surface area contributed by atoms with Crippen LogP contribution in [0.2, 0.25) is 0 Å². The van der Waals surface area contributed by atoms with Crippen molar-refractivity contribution in [2.75, 3.05) is 33.5 Å². The molecule has 0 aliphatic rings. The van der Waals surface area contributed by atoms with Gasteiger partial charge in [0.25, 0.3) is 0 Å². The van der Waals surface area contributed by atoms with Gasteiger partial charge in [0.05, 0.1) is 19.8 Å². The van der Waals surface area contributed by atoms with E-state index in [-0.39, 0.29) is 12.6 Å². The van der Waals surface area contributed by atoms with E-state index in [0.717, 1.165) is 15.9 Å². The fourth-order valence-electron chi connectivity index (χ4n) is 3.30. The maximum absolute atomic E-state index is 12.9. The van der Waals surface area contributed by atoms with Crippen LogP contribution in [-0.2, 0) is 19.0 Å². The van der Waals surface area contributed by atoms with E-state index in [1.54, 1.807) is 12.9 Å². The second-order valence-electron chi connectivity index (χ2n) is 6.63. The van der Waals surface area contributed by atoms with Gasteiger partial charge >= 0.3 is 5.97 Å². The highest BCUT2D eigenvalue weighted by Crippen LogP contribution is 2.43. The van der Waals surface area contributed by atoms with E-state index < -0.39 is 6.89 Å². The van der Waals surface area contributed by atoms with Crippen LogP contribution in [0.4, 0.5) is 0 Å². The Bertz CT molecular complexity index is 853. The van der Waals surface area contributed by atoms with Crippen LogP contribution in [0.5, 0.6) is 0 Å². The van der Waals surface area contributed by atoms with Gasteiger partial charge in [-0.3, -0.25) is 0 Å². The molecule has 0 radical (unpaired) electrons. The van der Waals surface area contributed by atoms with Crippen molar-refractivity contribution in [1.82, 2.24) is 0 Å². The topological polar surface area (TPSA) is 44.8 Å². The first kappa shape index (κ1) is 22.0. The summed E-state index contributed by atoms with van der Waals surface area (Å²) in [5.41, 5.74) is 0. The highest BCUT2D eigenvalue weighted by atomic mass is 31.2. The molecule has 3 aromatic carbocycles. The van der Waals surface area contributed by atoms with Crippen LogP contribution in [0.3, 0.4) is 0 Å². The molecule has 3 aromatic rings. The lowest BCUT2D eigenvalue weighted by Gasteiger charge is -2.28. The van der Waals surface area contributed by atoms with Gasteiger partial charge in [-0.25, -0.2) is 4.79 Å². The second-order valence-corrected chi connectivity index (χ2v) is 9.88. The summed E-state index contributed by atoms with van der Waals surface area (Å²) in [5.74, 6) is 1.44. The molecule has 30 heavy (non-hydrogen) atoms. The highest BCUT2D eigenvalue weighted by molar-refractivity contribution is 7.95. The molecule has 0 heterocycles. The predicted octanol–water partition coefficient (Wildman–Crippen LogP) is 2.99. The molecule has 0 atom stereocenters. The van der Waals surface area contributed by atoms with E-state index in [0.29, 0.717) is 19.8 Å². The average molecular weight is 422 g/mol. The zero-order valence-electron chi connectivity index (χ0n) is 17.1. The summed E-state index contributed by atoms with van der Waals surface area (Å²) in [4.78, 5) is 12.9. The summed E-state index contributed by atoms with van der Waals surface area (Å²) in [6.45, 7) is -0.789. The number of ether oxygens (including phenoxy) is 3. The van der Waals surface area contributed by atoms with Crippen LogP contribution >= 0.6 is 6.89 Å². The number of hydrogen-bond donors (Lipinski definition) is 0. The van der Waals surface area contributed by atoms with E-state index in [1.807, 2.05) is 54.6 Å². The Morgan fingerprint density at radius 3 is 1.57 bits per heavy atom. The molecule has 3 rings (SSSR count). The normalized spacial score (nSPS) is 11.1. The number of benzene rings is 3. The minimum Gasteiger partial charge on any atom is -0.460 e. The summed E-state index contributed by atoms with van der Waals surface area (Å²) in [7, 11) is 1.62. The minimum absolute atomic E-state index is 0.206. The van der Waals surface area contributed by atoms with Gasteiger partial charge in [0.2, 0.25) is 0 Å². The van der Waals surface area contributed by atoms with Crippen molar-refractivity contribution in [1.29, 1.82) is 0 Å². The molecular formula is C25H27O4P. The Morgan fingerprint density at radius 1 is 0.700 bits per heavy atom. The molecule has 0 fully saturated rings. The Kier molecular flexibility index (Phi) is 8.46. The monoisotopic (exact) mass is 422 g/mol. The van der Waals surface area contributed by atoms with Crippen LogP contribution in [0, 0.1) is 0 Å². The molecule has 5 heteroatoms. The summed E-state index contributed by atoms with van der Waals surface area (Å²) in [5, 5.41) is 3.32. The predicted molar refractivity (Wildman–Crippen MR) is 125 cm³/mol. The molecule has 0 aliphatic heterocycles. The molecule has 0 aromatic heterocycles. The lowest BCUT2D eigenvalue weighted by molar-refractivity contribution is -0.136. The molecule has 0 spiro atoms. The first-order chi connectivity index (χ1) is 14.8. The maximum Gasteiger partial charge on any atom is 0.331 e. The third-order valence-electron chi connectivity index (χ3n) is 4.69. The van der Waals surface area contributed by atoms with Gasteiger partial charge in [0.15, 0.2) is 0 Å². The smallest absolute Gasteiger partial charge is 0.331 e. The van der Waals surface area contributed by atoms with Gasteiger partial charge in [-0.2, -0.15) is 0 Å². The van der Waals surface area contributed by atoms with E-state index >= 15 is 0 Å². The lowest BCUT2D eigenvalue weighted by atomic mass is 10.4. The third kappa shape index (κ3) is 5.48. The fourth-order valence-corrected chi connectivity index (χ4v) is 6.96. The lowest BCUT2D eigenvalue weighted by Crippen LogP contribution is -2.29. The van der Waals surface area contributed by atoms with Gasteiger partial charge in [-0.05, 0) is 22.8 Å². The van der Waals surface area contributed by atoms with Crippen LogP contribution in [0.1, 0.15) is 0 Å². The van der Waals surface area contributed by atoms with Crippen molar-refractivity contribution in [3.8, 4) is 0 Å². The van der Waals surface area contributed by atoms with Crippen LogP contribution in [0.15, 0.2) is 91.0 Å². The van der Waals surface area contributed by atoms with Gasteiger partial charge in [-0.15, -0.1) is 0 Å². The molecule has 0 unspecified atom stereocenters. The molecule has 0 N–H and O–H groups in total. The highest BCUT2D eigenvalue weighted by Gasteiger charge is 2.26. The molecule has 0 saturated carbocycles. The molecule has 0 amide bonds. The van der Waals surface area contributed by atoms with E-state index in [2.05, 4.69) is 36.4 Å². The van der Waals surface area contributed by atoms with Crippen molar-refractivity contribution >= 4 is 34.6 Å². The standard InChI is InChI=1S/C25H27O4P/c1-27-17-18-28-19-20-29-25(26)21-30(22-11-5-2-6-12-22,23-13-7-3-8-14-23)24-15-9-4-10-16-24/h2-16,21H,17-20H2,1H3. The van der Waals surface area contributed by atoms with Crippen LogP contribution in [0.25, 0.3) is 0 Å². The summed E-state index contributed by atoms with van der Waals surface area (Å²) in [6, 6.07) is 30.6. The quantitative estimate of drug-likeness (QED) is 0.286. The summed E-state index contributed by atoms with van der Waals surface area (Å²) >= 11 is 0. The zero-order chi connectivity index (χ0) is 21.1. The third-order valence-corrected chi connectivity index (χ3v) is 8.63. The van der Waals surface area contributed by atoms with Gasteiger partial charge < -0.3 is 14.2 Å². The maximum atomic E-state index is 12.9. The van der Waals surface area contributed by atoms with Crippen LogP contribution < -0.4 is 15.9 Å². The molecule has 0 bridgehead atoms. The Labute approximate surface area is 178 Å². The molecule has 0 saturated heterocycles. The Morgan fingerprint density at radius 2 is 1.13 bits per heavy atom. The Balaban J connectivity index is 2.01. The van der Waals surface area contributed by atoms with Crippen molar-refractivity contribution in [2.45, 2.75) is 0 Å². The van der Waals surface area contributed by atoms with E-state index in [1.165, 1.54) is 0 Å². The number of esters is 1. The van der Waals surface area contributed by atoms with E-state index in [9.17, 15) is 4.79 Å². The van der Waals surface area contributed by atoms with E-state index in [4.69, 9.17) is 14.2 Å². The largest absolute Gasteiger partial charge is 0.460 e. The van der Waals surface area contributed by atoms with Gasteiger partial charge in [-0.1, -0.05) is 91.0 Å². The number of carbonyl (C=O) groups is 1. The van der Waals surface area contributed by atoms with Crippen molar-refractivity contribution < 1.29 is 19.0 Å².